The second-order valence-corrected chi connectivity index (χ2v) is 4.09. The van der Waals surface area contributed by atoms with Crippen LogP contribution in [0.4, 0.5) is 0 Å². The summed E-state index contributed by atoms with van der Waals surface area (Å²) in [6.45, 7) is 1.88. The van der Waals surface area contributed by atoms with Gasteiger partial charge in [0.25, 0.3) is 0 Å². The van der Waals surface area contributed by atoms with Crippen molar-refractivity contribution in [2.45, 2.75) is 32.6 Å². The van der Waals surface area contributed by atoms with E-state index in [0.717, 1.165) is 19.3 Å². The SMILES string of the molecule is COC(=O)CN=CC1(C)CCCCC1=O. The largest absolute Gasteiger partial charge is 0.468 e. The third-order valence-electron chi connectivity index (χ3n) is 2.81. The van der Waals surface area contributed by atoms with Crippen molar-refractivity contribution < 1.29 is 14.3 Å². The smallest absolute Gasteiger partial charge is 0.327 e. The first-order chi connectivity index (χ1) is 7.08. The summed E-state index contributed by atoms with van der Waals surface area (Å²) in [5.74, 6) is -0.152. The fraction of sp³-hybridized carbons (Fsp3) is 0.727. The fourth-order valence-corrected chi connectivity index (χ4v) is 1.73. The molecular formula is C11H17NO3. The monoisotopic (exact) mass is 211 g/mol. The lowest BCUT2D eigenvalue weighted by Gasteiger charge is -2.27. The number of methoxy groups -OCH3 is 1. The van der Waals surface area contributed by atoms with Gasteiger partial charge in [-0.2, -0.15) is 0 Å². The number of esters is 1. The molecule has 84 valence electrons. The van der Waals surface area contributed by atoms with E-state index >= 15 is 0 Å². The van der Waals surface area contributed by atoms with E-state index < -0.39 is 5.41 Å². The van der Waals surface area contributed by atoms with Crippen LogP contribution in [0.3, 0.4) is 0 Å². The van der Waals surface area contributed by atoms with Crippen LogP contribution in [0.25, 0.3) is 0 Å². The minimum absolute atomic E-state index is 0.000625. The van der Waals surface area contributed by atoms with Gasteiger partial charge in [-0.3, -0.25) is 14.6 Å². The number of hydrogen-bond acceptors (Lipinski definition) is 4. The van der Waals surface area contributed by atoms with Crippen molar-refractivity contribution in [3.63, 3.8) is 0 Å². The minimum Gasteiger partial charge on any atom is -0.468 e. The highest BCUT2D eigenvalue weighted by atomic mass is 16.5. The molecule has 0 aromatic carbocycles. The molecular weight excluding hydrogens is 194 g/mol. The van der Waals surface area contributed by atoms with Gasteiger partial charge in [0, 0.05) is 12.6 Å². The molecule has 15 heavy (non-hydrogen) atoms. The molecule has 0 saturated heterocycles. The average molecular weight is 211 g/mol. The lowest BCUT2D eigenvalue weighted by Crippen LogP contribution is -2.32. The van der Waals surface area contributed by atoms with Crippen LogP contribution in [0.15, 0.2) is 4.99 Å². The third kappa shape index (κ3) is 3.15. The first kappa shape index (κ1) is 11.9. The average Bonchev–Trinajstić information content (AvgIpc) is 2.22. The van der Waals surface area contributed by atoms with Crippen molar-refractivity contribution in [3.8, 4) is 0 Å². The van der Waals surface area contributed by atoms with Crippen LogP contribution >= 0.6 is 0 Å². The molecule has 0 aliphatic heterocycles. The maximum absolute atomic E-state index is 11.7. The molecule has 0 aromatic rings. The molecule has 0 amide bonds. The summed E-state index contributed by atoms with van der Waals surface area (Å²) in [5, 5.41) is 0. The summed E-state index contributed by atoms with van der Waals surface area (Å²) >= 11 is 0. The number of aliphatic imine (C=N–C) groups is 1. The summed E-state index contributed by atoms with van der Waals surface area (Å²) in [7, 11) is 1.32. The van der Waals surface area contributed by atoms with Gasteiger partial charge < -0.3 is 4.74 Å². The minimum atomic E-state index is -0.466. The maximum Gasteiger partial charge on any atom is 0.327 e. The quantitative estimate of drug-likeness (QED) is 0.523. The number of carbonyl (C=O) groups is 2. The van der Waals surface area contributed by atoms with Crippen LogP contribution in [0.1, 0.15) is 32.6 Å². The van der Waals surface area contributed by atoms with E-state index in [1.54, 1.807) is 6.21 Å². The number of rotatable bonds is 3. The molecule has 1 atom stereocenters. The molecule has 1 aliphatic carbocycles. The van der Waals surface area contributed by atoms with Crippen molar-refractivity contribution in [2.75, 3.05) is 13.7 Å². The summed E-state index contributed by atoms with van der Waals surface area (Å²) in [5.41, 5.74) is -0.466. The maximum atomic E-state index is 11.7. The van der Waals surface area contributed by atoms with Crippen LogP contribution < -0.4 is 0 Å². The van der Waals surface area contributed by atoms with E-state index in [0.29, 0.717) is 6.42 Å². The van der Waals surface area contributed by atoms with Crippen molar-refractivity contribution in [1.82, 2.24) is 0 Å². The van der Waals surface area contributed by atoms with E-state index in [9.17, 15) is 9.59 Å². The van der Waals surface area contributed by atoms with Crippen LogP contribution in [-0.4, -0.2) is 31.6 Å². The molecule has 0 spiro atoms. The molecule has 4 nitrogen and oxygen atoms in total. The Labute approximate surface area is 89.7 Å². The van der Waals surface area contributed by atoms with Crippen LogP contribution in [-0.2, 0) is 14.3 Å². The van der Waals surface area contributed by atoms with Gasteiger partial charge in [-0.25, -0.2) is 0 Å². The fourth-order valence-electron chi connectivity index (χ4n) is 1.73. The van der Waals surface area contributed by atoms with Crippen molar-refractivity contribution in [3.05, 3.63) is 0 Å². The molecule has 0 heterocycles. The molecule has 1 aliphatic rings. The Kier molecular flexibility index (Phi) is 4.00. The molecule has 1 unspecified atom stereocenters. The van der Waals surface area contributed by atoms with Crippen LogP contribution in [0, 0.1) is 5.41 Å². The summed E-state index contributed by atoms with van der Waals surface area (Å²) in [4.78, 5) is 26.4. The van der Waals surface area contributed by atoms with Crippen LogP contribution in [0.2, 0.25) is 0 Å². The van der Waals surface area contributed by atoms with E-state index in [1.807, 2.05) is 6.92 Å². The van der Waals surface area contributed by atoms with Crippen molar-refractivity contribution in [1.29, 1.82) is 0 Å². The highest BCUT2D eigenvalue weighted by Gasteiger charge is 2.33. The second kappa shape index (κ2) is 5.05. The Hall–Kier alpha value is -1.19. The zero-order valence-electron chi connectivity index (χ0n) is 9.28. The van der Waals surface area contributed by atoms with E-state index in [4.69, 9.17) is 0 Å². The second-order valence-electron chi connectivity index (χ2n) is 4.09. The molecule has 0 radical (unpaired) electrons. The summed E-state index contributed by atoms with van der Waals surface area (Å²) in [6.07, 6.45) is 5.09. The van der Waals surface area contributed by atoms with Gasteiger partial charge in [0.2, 0.25) is 0 Å². The van der Waals surface area contributed by atoms with Gasteiger partial charge in [0.15, 0.2) is 0 Å². The summed E-state index contributed by atoms with van der Waals surface area (Å²) < 4.78 is 4.46. The van der Waals surface area contributed by atoms with Gasteiger partial charge in [0.1, 0.15) is 12.3 Å². The lowest BCUT2D eigenvalue weighted by molar-refractivity contribution is -0.138. The highest BCUT2D eigenvalue weighted by molar-refractivity contribution is 6.00. The lowest BCUT2D eigenvalue weighted by atomic mass is 9.75. The number of carbonyl (C=O) groups excluding carboxylic acids is 2. The molecule has 1 fully saturated rings. The van der Waals surface area contributed by atoms with E-state index in [1.165, 1.54) is 7.11 Å². The number of ether oxygens (including phenoxy) is 1. The molecule has 1 rings (SSSR count). The van der Waals surface area contributed by atoms with Gasteiger partial charge in [0.05, 0.1) is 12.5 Å². The Morgan fingerprint density at radius 1 is 1.60 bits per heavy atom. The van der Waals surface area contributed by atoms with E-state index in [-0.39, 0.29) is 18.3 Å². The van der Waals surface area contributed by atoms with Crippen LogP contribution in [0.5, 0.6) is 0 Å². The van der Waals surface area contributed by atoms with Gasteiger partial charge >= 0.3 is 5.97 Å². The molecule has 1 saturated carbocycles. The molecule has 0 bridgehead atoms. The highest BCUT2D eigenvalue weighted by Crippen LogP contribution is 2.30. The first-order valence-corrected chi connectivity index (χ1v) is 5.19. The van der Waals surface area contributed by atoms with Gasteiger partial charge in [-0.05, 0) is 19.8 Å². The Balaban J connectivity index is 2.54. The number of hydrogen-bond donors (Lipinski definition) is 0. The standard InChI is InChI=1S/C11H17NO3/c1-11(6-4-3-5-9(11)13)8-12-7-10(14)15-2/h8H,3-7H2,1-2H3. The summed E-state index contributed by atoms with van der Waals surface area (Å²) in [6, 6.07) is 0. The Morgan fingerprint density at radius 3 is 2.93 bits per heavy atom. The topological polar surface area (TPSA) is 55.7 Å². The van der Waals surface area contributed by atoms with Crippen molar-refractivity contribution >= 4 is 18.0 Å². The Bertz CT molecular complexity index is 286. The Morgan fingerprint density at radius 2 is 2.33 bits per heavy atom. The van der Waals surface area contributed by atoms with Gasteiger partial charge in [-0.1, -0.05) is 6.42 Å². The normalized spacial score (nSPS) is 26.9. The zero-order chi connectivity index (χ0) is 11.3. The molecule has 0 N–H and O–H groups in total. The number of Topliss-reactive ketones (excluding diaryl/α,β-unsaturated/α-hetero) is 1. The predicted molar refractivity (Wildman–Crippen MR) is 57.0 cm³/mol. The zero-order valence-corrected chi connectivity index (χ0v) is 9.28. The third-order valence-corrected chi connectivity index (χ3v) is 2.81. The number of nitrogens with zero attached hydrogens (tertiary/aromatic N) is 1. The van der Waals surface area contributed by atoms with Crippen molar-refractivity contribution in [2.24, 2.45) is 10.4 Å². The molecule has 0 aromatic heterocycles. The number of ketones is 1. The molecule has 4 heteroatoms. The predicted octanol–water partition coefficient (Wildman–Crippen LogP) is 1.38. The first-order valence-electron chi connectivity index (χ1n) is 5.19. The van der Waals surface area contributed by atoms with E-state index in [2.05, 4.69) is 9.73 Å². The van der Waals surface area contributed by atoms with Gasteiger partial charge in [-0.15, -0.1) is 0 Å².